The molecule has 1 rings (SSSR count). The van der Waals surface area contributed by atoms with Gasteiger partial charge in [0, 0.05) is 11.6 Å². The highest BCUT2D eigenvalue weighted by Gasteiger charge is 2.11. The lowest BCUT2D eigenvalue weighted by atomic mass is 10.1. The smallest absolute Gasteiger partial charge is 0.322 e. The van der Waals surface area contributed by atoms with Crippen LogP contribution in [0.2, 0.25) is 5.02 Å². The van der Waals surface area contributed by atoms with Gasteiger partial charge in [0.2, 0.25) is 0 Å². The van der Waals surface area contributed by atoms with Crippen LogP contribution in [-0.4, -0.2) is 19.1 Å². The Labute approximate surface area is 101 Å². The van der Waals surface area contributed by atoms with Gasteiger partial charge in [0.15, 0.2) is 0 Å². The van der Waals surface area contributed by atoms with E-state index in [-0.39, 0.29) is 12.0 Å². The number of esters is 1. The first-order valence-electron chi connectivity index (χ1n) is 5.11. The number of benzene rings is 1. The number of ether oxygens (including phenoxy) is 1. The van der Waals surface area contributed by atoms with Gasteiger partial charge in [-0.2, -0.15) is 0 Å². The number of hydrogen-bond donors (Lipinski definition) is 1. The molecule has 1 unspecified atom stereocenters. The molecule has 0 saturated heterocycles. The van der Waals surface area contributed by atoms with Crippen molar-refractivity contribution in [3.63, 3.8) is 0 Å². The molecular formula is C12H16ClNO2. The Hall–Kier alpha value is -1.06. The topological polar surface area (TPSA) is 38.3 Å². The molecule has 16 heavy (non-hydrogen) atoms. The fourth-order valence-corrected chi connectivity index (χ4v) is 1.48. The molecule has 0 heterocycles. The normalized spacial score (nSPS) is 12.2. The largest absolute Gasteiger partial charge is 0.468 e. The molecule has 88 valence electrons. The van der Waals surface area contributed by atoms with E-state index in [0.717, 1.165) is 16.1 Å². The van der Waals surface area contributed by atoms with Gasteiger partial charge in [0.1, 0.15) is 6.04 Å². The summed E-state index contributed by atoms with van der Waals surface area (Å²) >= 11 is 6.00. The van der Waals surface area contributed by atoms with Crippen molar-refractivity contribution in [2.24, 2.45) is 0 Å². The molecule has 0 bridgehead atoms. The molecule has 0 spiro atoms. The Balaban J connectivity index is 2.55. The van der Waals surface area contributed by atoms with Gasteiger partial charge in [0.25, 0.3) is 0 Å². The van der Waals surface area contributed by atoms with Crippen LogP contribution < -0.4 is 5.32 Å². The lowest BCUT2D eigenvalue weighted by Crippen LogP contribution is -2.34. The van der Waals surface area contributed by atoms with E-state index in [1.165, 1.54) is 7.11 Å². The molecule has 0 amide bonds. The van der Waals surface area contributed by atoms with Crippen molar-refractivity contribution in [2.45, 2.75) is 26.4 Å². The summed E-state index contributed by atoms with van der Waals surface area (Å²) in [7, 11) is 1.38. The second kappa shape index (κ2) is 5.87. The number of carbonyl (C=O) groups is 1. The summed E-state index contributed by atoms with van der Waals surface area (Å²) < 4.78 is 4.62. The average Bonchev–Trinajstić information content (AvgIpc) is 2.29. The van der Waals surface area contributed by atoms with Crippen LogP contribution in [0.3, 0.4) is 0 Å². The predicted octanol–water partition coefficient (Wildman–Crippen LogP) is 2.30. The Morgan fingerprint density at radius 2 is 2.25 bits per heavy atom. The molecule has 0 saturated carbocycles. The van der Waals surface area contributed by atoms with E-state index in [9.17, 15) is 4.79 Å². The van der Waals surface area contributed by atoms with Crippen LogP contribution in [0.5, 0.6) is 0 Å². The maximum atomic E-state index is 11.1. The summed E-state index contributed by atoms with van der Waals surface area (Å²) in [4.78, 5) is 11.1. The summed E-state index contributed by atoms with van der Waals surface area (Å²) in [6, 6.07) is 5.53. The number of hydrogen-bond acceptors (Lipinski definition) is 3. The first kappa shape index (κ1) is 13.0. The first-order valence-corrected chi connectivity index (χ1v) is 5.48. The van der Waals surface area contributed by atoms with Gasteiger partial charge >= 0.3 is 5.97 Å². The molecule has 0 aliphatic rings. The monoisotopic (exact) mass is 241 g/mol. The third kappa shape index (κ3) is 3.51. The SMILES string of the molecule is COC(=O)C(C)NCc1ccc(C)c(Cl)c1. The van der Waals surface area contributed by atoms with Crippen LogP contribution >= 0.6 is 11.6 Å². The van der Waals surface area contributed by atoms with E-state index in [0.29, 0.717) is 6.54 Å². The zero-order chi connectivity index (χ0) is 12.1. The molecule has 0 aromatic heterocycles. The molecule has 1 atom stereocenters. The van der Waals surface area contributed by atoms with E-state index < -0.39 is 0 Å². The molecule has 0 aliphatic heterocycles. The molecular weight excluding hydrogens is 226 g/mol. The van der Waals surface area contributed by atoms with E-state index in [1.807, 2.05) is 25.1 Å². The highest BCUT2D eigenvalue weighted by atomic mass is 35.5. The van der Waals surface area contributed by atoms with Crippen LogP contribution in [0.15, 0.2) is 18.2 Å². The Morgan fingerprint density at radius 1 is 1.56 bits per heavy atom. The molecule has 1 aromatic rings. The summed E-state index contributed by atoms with van der Waals surface area (Å²) in [6.45, 7) is 4.31. The summed E-state index contributed by atoms with van der Waals surface area (Å²) in [5.74, 6) is -0.266. The Bertz CT molecular complexity index is 379. The van der Waals surface area contributed by atoms with Gasteiger partial charge in [0.05, 0.1) is 7.11 Å². The van der Waals surface area contributed by atoms with Crippen LogP contribution in [0.1, 0.15) is 18.1 Å². The fraction of sp³-hybridized carbons (Fsp3) is 0.417. The fourth-order valence-electron chi connectivity index (χ4n) is 1.28. The van der Waals surface area contributed by atoms with Crippen molar-refractivity contribution in [3.05, 3.63) is 34.3 Å². The molecule has 4 heteroatoms. The highest BCUT2D eigenvalue weighted by molar-refractivity contribution is 6.31. The minimum absolute atomic E-state index is 0.266. The first-order chi connectivity index (χ1) is 7.54. The maximum absolute atomic E-state index is 11.1. The van der Waals surface area contributed by atoms with Crippen LogP contribution in [0, 0.1) is 6.92 Å². The summed E-state index contributed by atoms with van der Waals surface area (Å²) in [5, 5.41) is 3.80. The van der Waals surface area contributed by atoms with Gasteiger partial charge in [-0.25, -0.2) is 0 Å². The van der Waals surface area contributed by atoms with Gasteiger partial charge in [-0.1, -0.05) is 23.7 Å². The number of carbonyl (C=O) groups excluding carboxylic acids is 1. The van der Waals surface area contributed by atoms with Crippen molar-refractivity contribution in [2.75, 3.05) is 7.11 Å². The quantitative estimate of drug-likeness (QED) is 0.823. The van der Waals surface area contributed by atoms with Crippen molar-refractivity contribution in [1.82, 2.24) is 5.32 Å². The lowest BCUT2D eigenvalue weighted by Gasteiger charge is -2.11. The highest BCUT2D eigenvalue weighted by Crippen LogP contribution is 2.16. The van der Waals surface area contributed by atoms with Crippen molar-refractivity contribution in [1.29, 1.82) is 0 Å². The van der Waals surface area contributed by atoms with E-state index in [1.54, 1.807) is 6.92 Å². The van der Waals surface area contributed by atoms with Gasteiger partial charge in [-0.3, -0.25) is 4.79 Å². The number of nitrogens with one attached hydrogen (secondary N) is 1. The third-order valence-corrected chi connectivity index (χ3v) is 2.81. The van der Waals surface area contributed by atoms with Crippen molar-refractivity contribution in [3.8, 4) is 0 Å². The zero-order valence-electron chi connectivity index (χ0n) is 9.71. The minimum Gasteiger partial charge on any atom is -0.468 e. The molecule has 0 fully saturated rings. The van der Waals surface area contributed by atoms with Gasteiger partial charge in [-0.05, 0) is 31.0 Å². The Kier molecular flexibility index (Phi) is 4.77. The third-order valence-electron chi connectivity index (χ3n) is 2.40. The summed E-state index contributed by atoms with van der Waals surface area (Å²) in [6.07, 6.45) is 0. The second-order valence-corrected chi connectivity index (χ2v) is 4.12. The minimum atomic E-state index is -0.315. The lowest BCUT2D eigenvalue weighted by molar-refractivity contribution is -0.142. The number of rotatable bonds is 4. The molecule has 0 radical (unpaired) electrons. The van der Waals surface area contributed by atoms with E-state index >= 15 is 0 Å². The average molecular weight is 242 g/mol. The number of halogens is 1. The molecule has 3 nitrogen and oxygen atoms in total. The Morgan fingerprint density at radius 3 is 2.81 bits per heavy atom. The molecule has 0 aliphatic carbocycles. The van der Waals surface area contributed by atoms with Crippen molar-refractivity contribution < 1.29 is 9.53 Å². The predicted molar refractivity (Wildman–Crippen MR) is 64.5 cm³/mol. The summed E-state index contributed by atoms with van der Waals surface area (Å²) in [5.41, 5.74) is 2.10. The van der Waals surface area contributed by atoms with Gasteiger partial charge in [-0.15, -0.1) is 0 Å². The standard InChI is InChI=1S/C12H16ClNO2/c1-8-4-5-10(6-11(8)13)7-14-9(2)12(15)16-3/h4-6,9,14H,7H2,1-3H3. The molecule has 1 N–H and O–H groups in total. The molecule has 1 aromatic carbocycles. The van der Waals surface area contributed by atoms with Gasteiger partial charge < -0.3 is 10.1 Å². The van der Waals surface area contributed by atoms with E-state index in [2.05, 4.69) is 10.1 Å². The van der Waals surface area contributed by atoms with Crippen LogP contribution in [0.25, 0.3) is 0 Å². The second-order valence-electron chi connectivity index (χ2n) is 3.71. The van der Waals surface area contributed by atoms with Crippen molar-refractivity contribution >= 4 is 17.6 Å². The van der Waals surface area contributed by atoms with Crippen LogP contribution in [0.4, 0.5) is 0 Å². The van der Waals surface area contributed by atoms with Crippen LogP contribution in [-0.2, 0) is 16.1 Å². The zero-order valence-corrected chi connectivity index (χ0v) is 10.5. The number of methoxy groups -OCH3 is 1. The number of aryl methyl sites for hydroxylation is 1. The maximum Gasteiger partial charge on any atom is 0.322 e. The van der Waals surface area contributed by atoms with E-state index in [4.69, 9.17) is 11.6 Å².